The molecule has 0 saturated heterocycles. The molecule has 7 heteroatoms. The summed E-state index contributed by atoms with van der Waals surface area (Å²) < 4.78 is 26.2. The Morgan fingerprint density at radius 2 is 2.00 bits per heavy atom. The summed E-state index contributed by atoms with van der Waals surface area (Å²) in [7, 11) is -1.19. The van der Waals surface area contributed by atoms with E-state index in [1.807, 2.05) is 0 Å². The summed E-state index contributed by atoms with van der Waals surface area (Å²) in [6, 6.07) is 8.89. The van der Waals surface area contributed by atoms with E-state index in [1.54, 1.807) is 25.1 Å². The monoisotopic (exact) mass is 364 g/mol. The third-order valence-electron chi connectivity index (χ3n) is 3.62. The molecule has 0 amide bonds. The topological polar surface area (TPSA) is 53.3 Å². The van der Waals surface area contributed by atoms with Gasteiger partial charge in [-0.1, -0.05) is 31.8 Å². The number of hydrogen-bond acceptors (Lipinski definition) is 4. The van der Waals surface area contributed by atoms with Gasteiger partial charge in [0.15, 0.2) is 0 Å². The second kappa shape index (κ2) is 8.40. The molecule has 0 aliphatic carbocycles. The summed E-state index contributed by atoms with van der Waals surface area (Å²) in [6.07, 6.45) is 0. The first-order valence-corrected chi connectivity index (χ1v) is 12.1. The van der Waals surface area contributed by atoms with Crippen LogP contribution < -0.4 is 0 Å². The molecule has 2 aromatic rings. The highest BCUT2D eigenvalue weighted by Gasteiger charge is 2.19. The summed E-state index contributed by atoms with van der Waals surface area (Å²) in [6.45, 7) is 9.54. The Labute approximate surface area is 148 Å². The zero-order valence-corrected chi connectivity index (χ0v) is 16.2. The molecule has 0 fully saturated rings. The lowest BCUT2D eigenvalue weighted by atomic mass is 10.1. The van der Waals surface area contributed by atoms with Gasteiger partial charge in [0, 0.05) is 20.2 Å². The number of ether oxygens (including phenoxy) is 2. The Hall–Kier alpha value is -1.99. The quantitative estimate of drug-likeness (QED) is 0.401. The molecule has 0 unspecified atom stereocenters. The smallest absolute Gasteiger partial charge is 0.356 e. The second-order valence-electron chi connectivity index (χ2n) is 6.96. The third kappa shape index (κ3) is 5.50. The minimum absolute atomic E-state index is 0.132. The number of aromatic nitrogens is 2. The number of carbonyl (C=O) groups is 1. The minimum Gasteiger partial charge on any atom is -0.461 e. The second-order valence-corrected chi connectivity index (χ2v) is 12.6. The Balaban J connectivity index is 2.21. The van der Waals surface area contributed by atoms with Crippen molar-refractivity contribution in [3.63, 3.8) is 0 Å². The van der Waals surface area contributed by atoms with Gasteiger partial charge in [0.1, 0.15) is 18.2 Å². The first kappa shape index (κ1) is 19.3. The number of rotatable bonds is 8. The summed E-state index contributed by atoms with van der Waals surface area (Å²) in [5.41, 5.74) is 0.983. The van der Waals surface area contributed by atoms with Crippen molar-refractivity contribution < 1.29 is 18.7 Å². The fraction of sp³-hybridized carbons (Fsp3) is 0.444. The third-order valence-corrected chi connectivity index (χ3v) is 5.33. The van der Waals surface area contributed by atoms with Crippen molar-refractivity contribution in [2.24, 2.45) is 0 Å². The summed E-state index contributed by atoms with van der Waals surface area (Å²) in [5, 5.41) is 4.34. The molecule has 0 aliphatic heterocycles. The zero-order chi connectivity index (χ0) is 18.4. The van der Waals surface area contributed by atoms with Crippen LogP contribution in [0.4, 0.5) is 4.39 Å². The van der Waals surface area contributed by atoms with Crippen molar-refractivity contribution in [2.45, 2.75) is 39.3 Å². The predicted molar refractivity (Wildman–Crippen MR) is 97.7 cm³/mol. The van der Waals surface area contributed by atoms with Crippen molar-refractivity contribution in [3.8, 4) is 11.3 Å². The fourth-order valence-electron chi connectivity index (χ4n) is 2.21. The highest BCUT2D eigenvalue weighted by molar-refractivity contribution is 6.76. The lowest BCUT2D eigenvalue weighted by Crippen LogP contribution is -2.22. The Kier molecular flexibility index (Phi) is 6.49. The van der Waals surface area contributed by atoms with Gasteiger partial charge in [0.2, 0.25) is 0 Å². The molecular weight excluding hydrogens is 339 g/mol. The van der Waals surface area contributed by atoms with E-state index in [4.69, 9.17) is 9.47 Å². The molecule has 25 heavy (non-hydrogen) atoms. The molecule has 0 spiro atoms. The first-order valence-electron chi connectivity index (χ1n) is 8.39. The number of nitrogens with zero attached hydrogens (tertiary/aromatic N) is 2. The molecule has 1 aromatic carbocycles. The minimum atomic E-state index is -1.19. The molecule has 1 aromatic heterocycles. The lowest BCUT2D eigenvalue weighted by molar-refractivity contribution is 0.0455. The van der Waals surface area contributed by atoms with E-state index < -0.39 is 14.0 Å². The average molecular weight is 364 g/mol. The molecule has 0 saturated carbocycles. The lowest BCUT2D eigenvalue weighted by Gasteiger charge is -2.15. The van der Waals surface area contributed by atoms with Crippen LogP contribution in [-0.4, -0.2) is 37.0 Å². The van der Waals surface area contributed by atoms with Crippen molar-refractivity contribution in [1.29, 1.82) is 0 Å². The van der Waals surface area contributed by atoms with Gasteiger partial charge in [-0.15, -0.1) is 0 Å². The summed E-state index contributed by atoms with van der Waals surface area (Å²) in [4.78, 5) is 12.2. The number of halogens is 1. The van der Waals surface area contributed by atoms with E-state index in [-0.39, 0.29) is 24.8 Å². The zero-order valence-electron chi connectivity index (χ0n) is 15.2. The van der Waals surface area contributed by atoms with Crippen molar-refractivity contribution >= 4 is 14.0 Å². The van der Waals surface area contributed by atoms with Gasteiger partial charge in [-0.2, -0.15) is 5.10 Å². The summed E-state index contributed by atoms with van der Waals surface area (Å²) in [5.74, 6) is -0.881. The van der Waals surface area contributed by atoms with Gasteiger partial charge < -0.3 is 9.47 Å². The van der Waals surface area contributed by atoms with Crippen LogP contribution in [0.1, 0.15) is 17.4 Å². The van der Waals surface area contributed by atoms with E-state index in [0.717, 1.165) is 6.04 Å². The van der Waals surface area contributed by atoms with E-state index in [2.05, 4.69) is 24.7 Å². The van der Waals surface area contributed by atoms with Gasteiger partial charge in [-0.25, -0.2) is 13.9 Å². The van der Waals surface area contributed by atoms with Crippen molar-refractivity contribution in [1.82, 2.24) is 9.78 Å². The van der Waals surface area contributed by atoms with Gasteiger partial charge in [-0.05, 0) is 31.2 Å². The molecule has 0 radical (unpaired) electrons. The molecule has 136 valence electrons. The summed E-state index contributed by atoms with van der Waals surface area (Å²) >= 11 is 0. The SMILES string of the molecule is CCOC(=O)c1cc(-c2ccccc2F)nn1COCC[Si](C)(C)C. The standard InChI is InChI=1S/C18H25FN2O3Si/c1-5-24-18(22)17-12-16(14-8-6-7-9-15(14)19)20-21(17)13-23-10-11-25(2,3)4/h6-9,12H,5,10-11,13H2,1-4H3. The largest absolute Gasteiger partial charge is 0.461 e. The highest BCUT2D eigenvalue weighted by Crippen LogP contribution is 2.23. The first-order chi connectivity index (χ1) is 11.8. The van der Waals surface area contributed by atoms with Crippen LogP contribution in [0.25, 0.3) is 11.3 Å². The molecule has 5 nitrogen and oxygen atoms in total. The van der Waals surface area contributed by atoms with Crippen molar-refractivity contribution in [3.05, 3.63) is 41.8 Å². The van der Waals surface area contributed by atoms with Crippen LogP contribution in [0.2, 0.25) is 25.7 Å². The van der Waals surface area contributed by atoms with Crippen LogP contribution in [0.5, 0.6) is 0 Å². The van der Waals surface area contributed by atoms with E-state index in [9.17, 15) is 9.18 Å². The molecule has 0 atom stereocenters. The number of esters is 1. The maximum Gasteiger partial charge on any atom is 0.356 e. The van der Waals surface area contributed by atoms with Gasteiger partial charge >= 0.3 is 5.97 Å². The van der Waals surface area contributed by atoms with E-state index in [0.29, 0.717) is 17.9 Å². The molecule has 2 rings (SSSR count). The fourth-order valence-corrected chi connectivity index (χ4v) is 2.97. The van der Waals surface area contributed by atoms with Gasteiger partial charge in [-0.3, -0.25) is 0 Å². The van der Waals surface area contributed by atoms with Crippen LogP contribution in [-0.2, 0) is 16.2 Å². The van der Waals surface area contributed by atoms with Crippen molar-refractivity contribution in [2.75, 3.05) is 13.2 Å². The van der Waals surface area contributed by atoms with Crippen LogP contribution in [0.15, 0.2) is 30.3 Å². The number of benzene rings is 1. The van der Waals surface area contributed by atoms with Gasteiger partial charge in [0.25, 0.3) is 0 Å². The van der Waals surface area contributed by atoms with Crippen LogP contribution in [0.3, 0.4) is 0 Å². The molecule has 1 heterocycles. The van der Waals surface area contributed by atoms with Crippen LogP contribution in [0, 0.1) is 5.82 Å². The maximum atomic E-state index is 14.0. The Bertz CT molecular complexity index is 725. The highest BCUT2D eigenvalue weighted by atomic mass is 28.3. The number of hydrogen-bond donors (Lipinski definition) is 0. The molecule has 0 aliphatic rings. The van der Waals surface area contributed by atoms with Gasteiger partial charge in [0.05, 0.1) is 12.3 Å². The normalized spacial score (nSPS) is 11.6. The number of carbonyl (C=O) groups excluding carboxylic acids is 1. The molecule has 0 bridgehead atoms. The Morgan fingerprint density at radius 1 is 1.28 bits per heavy atom. The predicted octanol–water partition coefficient (Wildman–Crippen LogP) is 4.18. The van der Waals surface area contributed by atoms with Crippen LogP contribution >= 0.6 is 0 Å². The Morgan fingerprint density at radius 3 is 2.64 bits per heavy atom. The average Bonchev–Trinajstić information content (AvgIpc) is 2.95. The molecular formula is C18H25FN2O3Si. The van der Waals surface area contributed by atoms with E-state index >= 15 is 0 Å². The maximum absolute atomic E-state index is 14.0. The van der Waals surface area contributed by atoms with E-state index in [1.165, 1.54) is 16.8 Å². The molecule has 0 N–H and O–H groups in total.